The molecular formula is C9H10F6O3Si. The van der Waals surface area contributed by atoms with Crippen molar-refractivity contribution in [3.63, 3.8) is 0 Å². The lowest BCUT2D eigenvalue weighted by atomic mass is 10.6. The molecule has 0 aliphatic heterocycles. The number of halogens is 6. The maximum atomic E-state index is 12.4. The average molecular weight is 308 g/mol. The maximum absolute atomic E-state index is 12.4. The predicted molar refractivity (Wildman–Crippen MR) is 53.9 cm³/mol. The fraction of sp³-hybridized carbons (Fsp3) is 0.667. The second-order valence-corrected chi connectivity index (χ2v) is 7.44. The van der Waals surface area contributed by atoms with Gasteiger partial charge >= 0.3 is 8.07 Å². The van der Waals surface area contributed by atoms with E-state index in [4.69, 9.17) is 0 Å². The summed E-state index contributed by atoms with van der Waals surface area (Å²) in [7, 11) is -5.46. The lowest BCUT2D eigenvalue weighted by molar-refractivity contribution is -0.131. The third-order valence-corrected chi connectivity index (χ3v) is 6.91. The highest BCUT2D eigenvalue weighted by Gasteiger charge is 2.62. The Morgan fingerprint density at radius 1 is 0.789 bits per heavy atom. The highest BCUT2D eigenvalue weighted by Crippen LogP contribution is 2.25. The van der Waals surface area contributed by atoms with E-state index in [9.17, 15) is 40.7 Å². The van der Waals surface area contributed by atoms with Gasteiger partial charge in [-0.25, -0.2) is 26.3 Å². The second-order valence-electron chi connectivity index (χ2n) is 3.65. The molecule has 0 aromatic carbocycles. The molecule has 0 fully saturated rings. The lowest BCUT2D eigenvalue weighted by Gasteiger charge is -2.25. The largest absolute Gasteiger partial charge is 0.302 e. The van der Waals surface area contributed by atoms with E-state index in [1.54, 1.807) is 0 Å². The van der Waals surface area contributed by atoms with Crippen LogP contribution in [0.1, 0.15) is 13.3 Å². The van der Waals surface area contributed by atoms with E-state index >= 15 is 0 Å². The summed E-state index contributed by atoms with van der Waals surface area (Å²) in [5.41, 5.74) is 0. The van der Waals surface area contributed by atoms with E-state index < -0.39 is 49.6 Å². The fourth-order valence-electron chi connectivity index (χ4n) is 1.67. The molecule has 19 heavy (non-hydrogen) atoms. The Kier molecular flexibility index (Phi) is 6.40. The van der Waals surface area contributed by atoms with Crippen LogP contribution in [0, 0.1) is 0 Å². The molecule has 0 heterocycles. The number of alkyl halides is 6. The van der Waals surface area contributed by atoms with Gasteiger partial charge in [-0.3, -0.25) is 14.4 Å². The fourth-order valence-corrected chi connectivity index (χ4v) is 5.00. The predicted octanol–water partition coefficient (Wildman–Crippen LogP) is 1.97. The molecule has 0 saturated heterocycles. The molecule has 0 bridgehead atoms. The SMILES string of the molecule is CCC[Si](C(=O)C(F)F)(C(=O)C(F)F)C(=O)C(F)F. The first-order chi connectivity index (χ1) is 8.62. The third kappa shape index (κ3) is 3.42. The van der Waals surface area contributed by atoms with Gasteiger partial charge in [-0.2, -0.15) is 0 Å². The summed E-state index contributed by atoms with van der Waals surface area (Å²) in [5, 5.41) is -7.11. The van der Waals surface area contributed by atoms with E-state index in [2.05, 4.69) is 0 Å². The Balaban J connectivity index is 5.96. The Morgan fingerprint density at radius 2 is 1.05 bits per heavy atom. The molecule has 110 valence electrons. The molecule has 0 aromatic rings. The molecule has 0 N–H and O–H groups in total. The van der Waals surface area contributed by atoms with Crippen molar-refractivity contribution in [2.75, 3.05) is 0 Å². The van der Waals surface area contributed by atoms with Crippen LogP contribution in [0.4, 0.5) is 26.3 Å². The van der Waals surface area contributed by atoms with Crippen molar-refractivity contribution < 1.29 is 40.7 Å². The quantitative estimate of drug-likeness (QED) is 0.509. The van der Waals surface area contributed by atoms with E-state index in [1.165, 1.54) is 6.92 Å². The number of rotatable bonds is 8. The van der Waals surface area contributed by atoms with Crippen molar-refractivity contribution in [2.45, 2.75) is 38.7 Å². The average Bonchev–Trinajstić information content (AvgIpc) is 2.32. The van der Waals surface area contributed by atoms with Gasteiger partial charge in [-0.15, -0.1) is 0 Å². The zero-order chi connectivity index (χ0) is 15.4. The molecule has 0 unspecified atom stereocenters. The van der Waals surface area contributed by atoms with Gasteiger partial charge in [0.2, 0.25) is 0 Å². The Hall–Kier alpha value is -1.19. The van der Waals surface area contributed by atoms with Crippen molar-refractivity contribution in [3.05, 3.63) is 0 Å². The van der Waals surface area contributed by atoms with Crippen LogP contribution in [0.25, 0.3) is 0 Å². The number of carbonyl (C=O) groups is 3. The van der Waals surface area contributed by atoms with Gasteiger partial charge in [-0.1, -0.05) is 13.3 Å². The molecule has 0 aliphatic carbocycles. The van der Waals surface area contributed by atoms with Gasteiger partial charge in [0.1, 0.15) is 0 Å². The standard InChI is InChI=1S/C9H10F6O3Si/c1-2-3-19(7(16)4(10)11,8(17)5(12)13)9(18)6(14)15/h4-6H,2-3H2,1H3. The van der Waals surface area contributed by atoms with Crippen molar-refractivity contribution in [3.8, 4) is 0 Å². The Labute approximate surface area is 105 Å². The molecule has 0 atom stereocenters. The van der Waals surface area contributed by atoms with E-state index in [0.29, 0.717) is 0 Å². The van der Waals surface area contributed by atoms with Crippen molar-refractivity contribution in [1.82, 2.24) is 0 Å². The molecular weight excluding hydrogens is 298 g/mol. The highest BCUT2D eigenvalue weighted by atomic mass is 28.3. The van der Waals surface area contributed by atoms with Crippen LogP contribution in [0.3, 0.4) is 0 Å². The monoisotopic (exact) mass is 308 g/mol. The molecule has 0 amide bonds. The minimum atomic E-state index is -5.46. The highest BCUT2D eigenvalue weighted by molar-refractivity contribution is 7.41. The molecule has 3 nitrogen and oxygen atoms in total. The molecule has 10 heteroatoms. The van der Waals surface area contributed by atoms with Gasteiger partial charge in [-0.05, 0) is 6.04 Å². The minimum absolute atomic E-state index is 0.290. The van der Waals surface area contributed by atoms with E-state index in [-0.39, 0.29) is 6.42 Å². The summed E-state index contributed by atoms with van der Waals surface area (Å²) < 4.78 is 74.3. The van der Waals surface area contributed by atoms with Crippen LogP contribution in [0.2, 0.25) is 6.04 Å². The minimum Gasteiger partial charge on any atom is -0.298 e. The van der Waals surface area contributed by atoms with Crippen molar-refractivity contribution in [1.29, 1.82) is 0 Å². The summed E-state index contributed by atoms with van der Waals surface area (Å²) in [5.74, 6) is 0. The molecule has 0 aliphatic rings. The zero-order valence-electron chi connectivity index (χ0n) is 9.64. The Bertz CT molecular complexity index is 321. The van der Waals surface area contributed by atoms with Gasteiger partial charge < -0.3 is 0 Å². The molecule has 0 rings (SSSR count). The van der Waals surface area contributed by atoms with Crippen LogP contribution < -0.4 is 0 Å². The molecule has 0 spiro atoms. The summed E-state index contributed by atoms with van der Waals surface area (Å²) in [4.78, 5) is 33.8. The van der Waals surface area contributed by atoms with Gasteiger partial charge in [0.05, 0.1) is 0 Å². The summed E-state index contributed by atoms with van der Waals surface area (Å²) in [6.07, 6.45) is -12.0. The first-order valence-corrected chi connectivity index (χ1v) is 7.31. The first-order valence-electron chi connectivity index (χ1n) is 5.10. The van der Waals surface area contributed by atoms with Crippen LogP contribution in [0.15, 0.2) is 0 Å². The van der Waals surface area contributed by atoms with E-state index in [0.717, 1.165) is 0 Å². The van der Waals surface area contributed by atoms with Crippen LogP contribution >= 0.6 is 0 Å². The van der Waals surface area contributed by atoms with Gasteiger partial charge in [0, 0.05) is 0 Å². The third-order valence-electron chi connectivity index (χ3n) is 2.48. The van der Waals surface area contributed by atoms with Crippen molar-refractivity contribution in [2.24, 2.45) is 0 Å². The zero-order valence-corrected chi connectivity index (χ0v) is 10.6. The summed E-state index contributed by atoms with van der Waals surface area (Å²) in [6.45, 7) is 1.21. The van der Waals surface area contributed by atoms with Crippen LogP contribution in [-0.2, 0) is 14.4 Å². The molecule has 0 radical (unpaired) electrons. The van der Waals surface area contributed by atoms with Crippen LogP contribution in [-0.4, -0.2) is 43.6 Å². The smallest absolute Gasteiger partial charge is 0.298 e. The first kappa shape index (κ1) is 17.8. The number of hydrogen-bond donors (Lipinski definition) is 0. The number of carbonyl (C=O) groups excluding carboxylic acids is 3. The second kappa shape index (κ2) is 6.82. The number of hydrogen-bond acceptors (Lipinski definition) is 3. The van der Waals surface area contributed by atoms with Crippen molar-refractivity contribution >= 4 is 24.3 Å². The van der Waals surface area contributed by atoms with E-state index in [1.807, 2.05) is 0 Å². The van der Waals surface area contributed by atoms with Gasteiger partial charge in [0.25, 0.3) is 19.3 Å². The molecule has 0 saturated carbocycles. The Morgan fingerprint density at radius 3 is 1.21 bits per heavy atom. The van der Waals surface area contributed by atoms with Crippen LogP contribution in [0.5, 0.6) is 0 Å². The molecule has 0 aromatic heterocycles. The lowest BCUT2D eigenvalue weighted by Crippen LogP contribution is -2.65. The normalized spacial score (nSPS) is 12.3. The summed E-state index contributed by atoms with van der Waals surface area (Å²) in [6, 6.07) is -0.970. The van der Waals surface area contributed by atoms with Gasteiger partial charge in [0.15, 0.2) is 16.2 Å². The topological polar surface area (TPSA) is 51.2 Å². The maximum Gasteiger partial charge on any atom is 0.302 e. The summed E-state index contributed by atoms with van der Waals surface area (Å²) >= 11 is 0.